The normalized spacial score (nSPS) is 13.3. The number of Topliss-reactive ketones (excluding diaryl/α,β-unsaturated/α-hetero) is 1. The second-order valence-electron chi connectivity index (χ2n) is 7.62. The van der Waals surface area contributed by atoms with Gasteiger partial charge in [-0.2, -0.15) is 0 Å². The smallest absolute Gasteiger partial charge is 0.224 e. The van der Waals surface area contributed by atoms with Gasteiger partial charge >= 0.3 is 0 Å². The maximum Gasteiger partial charge on any atom is 0.224 e. The maximum atomic E-state index is 12.2. The van der Waals surface area contributed by atoms with Crippen molar-refractivity contribution in [3.63, 3.8) is 0 Å². The van der Waals surface area contributed by atoms with Crippen LogP contribution in [-0.4, -0.2) is 35.6 Å². The lowest BCUT2D eigenvalue weighted by Crippen LogP contribution is -2.27. The molecule has 1 heterocycles. The van der Waals surface area contributed by atoms with Crippen LogP contribution in [0.1, 0.15) is 53.6 Å². The average Bonchev–Trinajstić information content (AvgIpc) is 3.27. The molecule has 5 nitrogen and oxygen atoms in total. The molecule has 1 N–H and O–H groups in total. The third-order valence-electron chi connectivity index (χ3n) is 5.28. The van der Waals surface area contributed by atoms with Crippen molar-refractivity contribution in [2.24, 2.45) is 0 Å². The van der Waals surface area contributed by atoms with E-state index in [1.165, 1.54) is 0 Å². The lowest BCUT2D eigenvalue weighted by molar-refractivity contribution is -0.130. The minimum absolute atomic E-state index is 0.0295. The summed E-state index contributed by atoms with van der Waals surface area (Å²) in [6, 6.07) is 14.9. The molecule has 2 aromatic carbocycles. The minimum atomic E-state index is -0.178. The zero-order chi connectivity index (χ0) is 20.6. The molecule has 0 saturated carbocycles. The molecule has 0 unspecified atom stereocenters. The maximum absolute atomic E-state index is 12.2. The number of hydrogen-bond acceptors (Lipinski definition) is 3. The van der Waals surface area contributed by atoms with Crippen molar-refractivity contribution in [1.82, 2.24) is 4.90 Å². The monoisotopic (exact) mass is 392 g/mol. The summed E-state index contributed by atoms with van der Waals surface area (Å²) in [5.74, 6) is 0.0127. The fraction of sp³-hybridized carbons (Fsp3) is 0.375. The molecule has 1 saturated heterocycles. The van der Waals surface area contributed by atoms with E-state index in [4.69, 9.17) is 0 Å². The van der Waals surface area contributed by atoms with Crippen LogP contribution in [0.3, 0.4) is 0 Å². The van der Waals surface area contributed by atoms with Crippen molar-refractivity contribution in [2.45, 2.75) is 45.4 Å². The van der Waals surface area contributed by atoms with Crippen LogP contribution in [0.25, 0.3) is 0 Å². The summed E-state index contributed by atoms with van der Waals surface area (Å²) in [4.78, 5) is 38.4. The number of anilines is 1. The Kier molecular flexibility index (Phi) is 7.17. The Balaban J connectivity index is 1.41. The SMILES string of the molecule is Cc1ccc(C(=O)CCC(=O)Nc2ccc(CCC(=O)N3CCCC3)cc2)cc1. The first-order valence-corrected chi connectivity index (χ1v) is 10.3. The van der Waals surface area contributed by atoms with Gasteiger partial charge in [-0.3, -0.25) is 14.4 Å². The summed E-state index contributed by atoms with van der Waals surface area (Å²) in [5, 5.41) is 2.83. The summed E-state index contributed by atoms with van der Waals surface area (Å²) in [6.45, 7) is 3.74. The number of likely N-dealkylation sites (tertiary alicyclic amines) is 1. The first-order chi connectivity index (χ1) is 14.0. The summed E-state index contributed by atoms with van der Waals surface area (Å²) in [6.07, 6.45) is 3.78. The number of ketones is 1. The van der Waals surface area contributed by atoms with Gasteiger partial charge in [-0.05, 0) is 43.9 Å². The highest BCUT2D eigenvalue weighted by Crippen LogP contribution is 2.15. The Morgan fingerprint density at radius 1 is 0.862 bits per heavy atom. The van der Waals surface area contributed by atoms with Gasteiger partial charge in [0, 0.05) is 43.6 Å². The molecule has 5 heteroatoms. The van der Waals surface area contributed by atoms with Crippen LogP contribution in [0, 0.1) is 6.92 Å². The lowest BCUT2D eigenvalue weighted by Gasteiger charge is -2.15. The van der Waals surface area contributed by atoms with E-state index in [2.05, 4.69) is 5.32 Å². The van der Waals surface area contributed by atoms with E-state index in [1.54, 1.807) is 12.1 Å². The molecular weight excluding hydrogens is 364 g/mol. The van der Waals surface area contributed by atoms with E-state index in [0.717, 1.165) is 37.1 Å². The number of benzene rings is 2. The van der Waals surface area contributed by atoms with Crippen molar-refractivity contribution in [3.05, 3.63) is 65.2 Å². The zero-order valence-corrected chi connectivity index (χ0v) is 16.9. The largest absolute Gasteiger partial charge is 0.343 e. The Morgan fingerprint density at radius 2 is 1.52 bits per heavy atom. The third-order valence-corrected chi connectivity index (χ3v) is 5.28. The van der Waals surface area contributed by atoms with E-state index in [9.17, 15) is 14.4 Å². The molecule has 3 rings (SSSR count). The Hall–Kier alpha value is -2.95. The highest BCUT2D eigenvalue weighted by molar-refractivity contribution is 6.00. The molecule has 1 aliphatic heterocycles. The van der Waals surface area contributed by atoms with Gasteiger partial charge in [-0.25, -0.2) is 0 Å². The summed E-state index contributed by atoms with van der Waals surface area (Å²) >= 11 is 0. The van der Waals surface area contributed by atoms with Gasteiger partial charge in [0.05, 0.1) is 0 Å². The predicted molar refractivity (Wildman–Crippen MR) is 114 cm³/mol. The van der Waals surface area contributed by atoms with E-state index >= 15 is 0 Å². The molecular formula is C24H28N2O3. The molecule has 1 fully saturated rings. The van der Waals surface area contributed by atoms with Gasteiger partial charge in [-0.15, -0.1) is 0 Å². The van der Waals surface area contributed by atoms with Crippen molar-refractivity contribution in [1.29, 1.82) is 0 Å². The molecule has 0 atom stereocenters. The molecule has 0 aliphatic carbocycles. The van der Waals surface area contributed by atoms with E-state index < -0.39 is 0 Å². The number of amides is 2. The van der Waals surface area contributed by atoms with Crippen LogP contribution < -0.4 is 5.32 Å². The van der Waals surface area contributed by atoms with Crippen LogP contribution in [0.4, 0.5) is 5.69 Å². The van der Waals surface area contributed by atoms with Crippen molar-refractivity contribution in [3.8, 4) is 0 Å². The van der Waals surface area contributed by atoms with Crippen LogP contribution in [0.15, 0.2) is 48.5 Å². The van der Waals surface area contributed by atoms with Crippen molar-refractivity contribution >= 4 is 23.3 Å². The molecule has 0 aromatic heterocycles. The molecule has 2 amide bonds. The highest BCUT2D eigenvalue weighted by Gasteiger charge is 2.17. The second kappa shape index (κ2) is 10.0. The second-order valence-corrected chi connectivity index (χ2v) is 7.62. The fourth-order valence-corrected chi connectivity index (χ4v) is 3.47. The van der Waals surface area contributed by atoms with Crippen LogP contribution >= 0.6 is 0 Å². The van der Waals surface area contributed by atoms with Gasteiger partial charge in [0.2, 0.25) is 11.8 Å². The van der Waals surface area contributed by atoms with Gasteiger partial charge < -0.3 is 10.2 Å². The number of nitrogens with zero attached hydrogens (tertiary/aromatic N) is 1. The molecule has 2 aromatic rings. The molecule has 0 spiro atoms. The van der Waals surface area contributed by atoms with Crippen molar-refractivity contribution < 1.29 is 14.4 Å². The summed E-state index contributed by atoms with van der Waals surface area (Å²) in [7, 11) is 0. The van der Waals surface area contributed by atoms with E-state index in [0.29, 0.717) is 24.1 Å². The third kappa shape index (κ3) is 6.28. The van der Waals surface area contributed by atoms with Gasteiger partial charge in [-0.1, -0.05) is 42.0 Å². The number of aryl methyl sites for hydroxylation is 2. The topological polar surface area (TPSA) is 66.5 Å². The van der Waals surface area contributed by atoms with Gasteiger partial charge in [0.15, 0.2) is 5.78 Å². The van der Waals surface area contributed by atoms with Crippen LogP contribution in [-0.2, 0) is 16.0 Å². The van der Waals surface area contributed by atoms with Crippen LogP contribution in [0.5, 0.6) is 0 Å². The summed E-state index contributed by atoms with van der Waals surface area (Å²) in [5.41, 5.74) is 3.51. The fourth-order valence-electron chi connectivity index (χ4n) is 3.47. The quantitative estimate of drug-likeness (QED) is 0.686. The minimum Gasteiger partial charge on any atom is -0.343 e. The molecule has 152 valence electrons. The number of rotatable bonds is 8. The average molecular weight is 392 g/mol. The standard InChI is InChI=1S/C24H28N2O3/c1-18-4-9-20(10-5-18)22(27)13-14-23(28)25-21-11-6-19(7-12-21)8-15-24(29)26-16-2-3-17-26/h4-7,9-12H,2-3,8,13-17H2,1H3,(H,25,28). The molecule has 0 radical (unpaired) electrons. The number of hydrogen-bond donors (Lipinski definition) is 1. The van der Waals surface area contributed by atoms with Gasteiger partial charge in [0.1, 0.15) is 0 Å². The van der Waals surface area contributed by atoms with E-state index in [1.807, 2.05) is 48.2 Å². The molecule has 29 heavy (non-hydrogen) atoms. The van der Waals surface area contributed by atoms with Gasteiger partial charge in [0.25, 0.3) is 0 Å². The Morgan fingerprint density at radius 3 is 2.17 bits per heavy atom. The first kappa shape index (κ1) is 20.8. The summed E-state index contributed by atoms with van der Waals surface area (Å²) < 4.78 is 0. The molecule has 0 bridgehead atoms. The lowest BCUT2D eigenvalue weighted by atomic mass is 10.0. The predicted octanol–water partition coefficient (Wildman–Crippen LogP) is 4.15. The first-order valence-electron chi connectivity index (χ1n) is 10.3. The van der Waals surface area contributed by atoms with Crippen molar-refractivity contribution in [2.75, 3.05) is 18.4 Å². The number of carbonyl (C=O) groups excluding carboxylic acids is 3. The molecule has 1 aliphatic rings. The van der Waals surface area contributed by atoms with Crippen LogP contribution in [0.2, 0.25) is 0 Å². The zero-order valence-electron chi connectivity index (χ0n) is 16.9. The highest BCUT2D eigenvalue weighted by atomic mass is 16.2. The van der Waals surface area contributed by atoms with E-state index in [-0.39, 0.29) is 30.4 Å². The Labute approximate surface area is 172 Å². The number of carbonyl (C=O) groups is 3. The number of nitrogens with one attached hydrogen (secondary N) is 1. The Bertz CT molecular complexity index is 851.